The van der Waals surface area contributed by atoms with Gasteiger partial charge in [-0.15, -0.1) is 0 Å². The van der Waals surface area contributed by atoms with Gasteiger partial charge in [0.15, 0.2) is 0 Å². The van der Waals surface area contributed by atoms with Crippen LogP contribution in [0.15, 0.2) is 35.5 Å². The fraction of sp³-hybridized carbons (Fsp3) is 0.462. The second-order valence-corrected chi connectivity index (χ2v) is 4.37. The first-order valence-electron chi connectivity index (χ1n) is 5.60. The van der Waals surface area contributed by atoms with E-state index in [1.807, 2.05) is 30.3 Å². The van der Waals surface area contributed by atoms with Gasteiger partial charge in [-0.05, 0) is 17.9 Å². The number of oxime groups is 1. The van der Waals surface area contributed by atoms with E-state index in [4.69, 9.17) is 5.21 Å². The number of rotatable bonds is 2. The van der Waals surface area contributed by atoms with Crippen molar-refractivity contribution in [3.8, 4) is 0 Å². The van der Waals surface area contributed by atoms with Gasteiger partial charge in [-0.1, -0.05) is 55.3 Å². The van der Waals surface area contributed by atoms with Gasteiger partial charge < -0.3 is 5.21 Å². The first-order valence-corrected chi connectivity index (χ1v) is 5.60. The summed E-state index contributed by atoms with van der Waals surface area (Å²) in [7, 11) is 0. The SMILES string of the molecule is CC1CCCC1/C(=N\O)c1ccccc1. The Morgan fingerprint density at radius 3 is 2.53 bits per heavy atom. The van der Waals surface area contributed by atoms with Crippen molar-refractivity contribution in [1.82, 2.24) is 0 Å². The monoisotopic (exact) mass is 203 g/mol. The van der Waals surface area contributed by atoms with Crippen molar-refractivity contribution in [1.29, 1.82) is 0 Å². The average molecular weight is 203 g/mol. The van der Waals surface area contributed by atoms with Crippen LogP contribution in [-0.4, -0.2) is 10.9 Å². The summed E-state index contributed by atoms with van der Waals surface area (Å²) >= 11 is 0. The molecule has 2 heteroatoms. The first-order chi connectivity index (χ1) is 7.33. The summed E-state index contributed by atoms with van der Waals surface area (Å²) in [4.78, 5) is 0. The van der Waals surface area contributed by atoms with Crippen LogP contribution < -0.4 is 0 Å². The largest absolute Gasteiger partial charge is 0.411 e. The zero-order valence-electron chi connectivity index (χ0n) is 9.06. The highest BCUT2D eigenvalue weighted by Gasteiger charge is 2.28. The number of nitrogens with zero attached hydrogens (tertiary/aromatic N) is 1. The molecular weight excluding hydrogens is 186 g/mol. The van der Waals surface area contributed by atoms with Crippen molar-refractivity contribution in [2.75, 3.05) is 0 Å². The molecule has 2 nitrogen and oxygen atoms in total. The Morgan fingerprint density at radius 2 is 2.00 bits per heavy atom. The summed E-state index contributed by atoms with van der Waals surface area (Å²) in [6, 6.07) is 9.98. The lowest BCUT2D eigenvalue weighted by Gasteiger charge is -2.16. The van der Waals surface area contributed by atoms with Crippen LogP contribution in [0.3, 0.4) is 0 Å². The van der Waals surface area contributed by atoms with Gasteiger partial charge in [0.1, 0.15) is 0 Å². The molecule has 1 fully saturated rings. The molecule has 1 aliphatic carbocycles. The summed E-state index contributed by atoms with van der Waals surface area (Å²) in [6.07, 6.45) is 3.64. The van der Waals surface area contributed by atoms with E-state index in [-0.39, 0.29) is 0 Å². The topological polar surface area (TPSA) is 32.6 Å². The van der Waals surface area contributed by atoms with Crippen molar-refractivity contribution < 1.29 is 5.21 Å². The smallest absolute Gasteiger partial charge is 0.0901 e. The van der Waals surface area contributed by atoms with Crippen LogP contribution in [0.1, 0.15) is 31.7 Å². The van der Waals surface area contributed by atoms with Crippen LogP contribution in [0.5, 0.6) is 0 Å². The van der Waals surface area contributed by atoms with Gasteiger partial charge in [0, 0.05) is 5.92 Å². The third-order valence-electron chi connectivity index (χ3n) is 3.39. The number of hydrogen-bond donors (Lipinski definition) is 1. The third kappa shape index (κ3) is 2.04. The fourth-order valence-corrected chi connectivity index (χ4v) is 2.51. The highest BCUT2D eigenvalue weighted by molar-refractivity contribution is 6.02. The maximum atomic E-state index is 9.15. The van der Waals surface area contributed by atoms with Crippen molar-refractivity contribution in [2.24, 2.45) is 17.0 Å². The minimum atomic E-state index is 0.428. The van der Waals surface area contributed by atoms with E-state index in [0.29, 0.717) is 11.8 Å². The van der Waals surface area contributed by atoms with Crippen molar-refractivity contribution >= 4 is 5.71 Å². The summed E-state index contributed by atoms with van der Waals surface area (Å²) < 4.78 is 0. The molecule has 0 radical (unpaired) electrons. The molecule has 1 aromatic rings. The van der Waals surface area contributed by atoms with Crippen LogP contribution in [0, 0.1) is 11.8 Å². The highest BCUT2D eigenvalue weighted by atomic mass is 16.4. The van der Waals surface area contributed by atoms with E-state index < -0.39 is 0 Å². The molecule has 0 aliphatic heterocycles. The molecule has 1 N–H and O–H groups in total. The molecule has 0 bridgehead atoms. The minimum absolute atomic E-state index is 0.428. The van der Waals surface area contributed by atoms with Crippen molar-refractivity contribution in [3.05, 3.63) is 35.9 Å². The van der Waals surface area contributed by atoms with E-state index in [9.17, 15) is 0 Å². The Hall–Kier alpha value is -1.31. The van der Waals surface area contributed by atoms with Crippen LogP contribution in [0.4, 0.5) is 0 Å². The van der Waals surface area contributed by atoms with E-state index in [1.54, 1.807) is 0 Å². The van der Waals surface area contributed by atoms with Crippen LogP contribution in [-0.2, 0) is 0 Å². The van der Waals surface area contributed by atoms with Gasteiger partial charge in [0.25, 0.3) is 0 Å². The molecule has 80 valence electrons. The van der Waals surface area contributed by atoms with Gasteiger partial charge >= 0.3 is 0 Å². The third-order valence-corrected chi connectivity index (χ3v) is 3.39. The predicted octanol–water partition coefficient (Wildman–Crippen LogP) is 3.30. The molecule has 0 amide bonds. The molecule has 1 saturated carbocycles. The fourth-order valence-electron chi connectivity index (χ4n) is 2.51. The van der Waals surface area contributed by atoms with Crippen LogP contribution >= 0.6 is 0 Å². The zero-order chi connectivity index (χ0) is 10.7. The summed E-state index contributed by atoms with van der Waals surface area (Å²) in [5, 5.41) is 12.7. The van der Waals surface area contributed by atoms with Crippen molar-refractivity contribution in [3.63, 3.8) is 0 Å². The Labute approximate surface area is 90.6 Å². The first kappa shape index (κ1) is 10.2. The lowest BCUT2D eigenvalue weighted by molar-refractivity contribution is 0.313. The van der Waals surface area contributed by atoms with Crippen LogP contribution in [0.25, 0.3) is 0 Å². The lowest BCUT2D eigenvalue weighted by Crippen LogP contribution is -2.18. The standard InChI is InChI=1S/C13H17NO/c1-10-6-5-9-12(10)13(14-15)11-7-3-2-4-8-11/h2-4,7-8,10,12,15H,5-6,9H2,1H3/b14-13-. The molecule has 2 atom stereocenters. The normalized spacial score (nSPS) is 26.9. The zero-order valence-corrected chi connectivity index (χ0v) is 9.06. The molecule has 15 heavy (non-hydrogen) atoms. The molecule has 1 aliphatic rings. The molecule has 0 spiro atoms. The molecule has 0 saturated heterocycles. The average Bonchev–Trinajstić information content (AvgIpc) is 2.68. The molecule has 2 rings (SSSR count). The molecule has 0 aromatic heterocycles. The van der Waals surface area contributed by atoms with Gasteiger partial charge in [-0.3, -0.25) is 0 Å². The maximum absolute atomic E-state index is 9.15. The predicted molar refractivity (Wildman–Crippen MR) is 61.3 cm³/mol. The molecule has 1 aromatic carbocycles. The number of benzene rings is 1. The molecule has 0 heterocycles. The van der Waals surface area contributed by atoms with Crippen LogP contribution in [0.2, 0.25) is 0 Å². The highest BCUT2D eigenvalue weighted by Crippen LogP contribution is 2.34. The quantitative estimate of drug-likeness (QED) is 0.446. The summed E-state index contributed by atoms with van der Waals surface area (Å²) in [6.45, 7) is 2.24. The Kier molecular flexibility index (Phi) is 3.05. The second kappa shape index (κ2) is 4.47. The minimum Gasteiger partial charge on any atom is -0.411 e. The van der Waals surface area contributed by atoms with E-state index in [1.165, 1.54) is 12.8 Å². The summed E-state index contributed by atoms with van der Waals surface area (Å²) in [5.74, 6) is 1.06. The Bertz CT molecular complexity index is 345. The number of hydrogen-bond acceptors (Lipinski definition) is 2. The van der Waals surface area contributed by atoms with Gasteiger partial charge in [0.05, 0.1) is 5.71 Å². The summed E-state index contributed by atoms with van der Waals surface area (Å²) in [5.41, 5.74) is 1.92. The van der Waals surface area contributed by atoms with Gasteiger partial charge in [-0.2, -0.15) is 0 Å². The lowest BCUT2D eigenvalue weighted by atomic mass is 9.89. The second-order valence-electron chi connectivity index (χ2n) is 4.37. The van der Waals surface area contributed by atoms with Gasteiger partial charge in [-0.25, -0.2) is 0 Å². The Balaban J connectivity index is 2.26. The van der Waals surface area contributed by atoms with E-state index >= 15 is 0 Å². The van der Waals surface area contributed by atoms with E-state index in [0.717, 1.165) is 17.7 Å². The maximum Gasteiger partial charge on any atom is 0.0901 e. The van der Waals surface area contributed by atoms with Crippen molar-refractivity contribution in [2.45, 2.75) is 26.2 Å². The molecule has 2 unspecified atom stereocenters. The van der Waals surface area contributed by atoms with E-state index in [2.05, 4.69) is 12.1 Å². The van der Waals surface area contributed by atoms with Gasteiger partial charge in [0.2, 0.25) is 0 Å². The molecular formula is C13H17NO. The Morgan fingerprint density at radius 1 is 1.27 bits per heavy atom.